The smallest absolute Gasteiger partial charge is 0.131 e. The molecule has 0 radical (unpaired) electrons. The number of hydrogen-bond acceptors (Lipinski definition) is 1. The van der Waals surface area contributed by atoms with Crippen LogP contribution in [-0.2, 0) is 0 Å². The summed E-state index contributed by atoms with van der Waals surface area (Å²) in [4.78, 5) is 0. The van der Waals surface area contributed by atoms with Gasteiger partial charge in [-0.1, -0.05) is 29.8 Å². The van der Waals surface area contributed by atoms with Crippen LogP contribution in [-0.4, -0.2) is 7.05 Å². The van der Waals surface area contributed by atoms with E-state index in [1.54, 1.807) is 32.2 Å². The lowest BCUT2D eigenvalue weighted by Gasteiger charge is -2.20. The van der Waals surface area contributed by atoms with Gasteiger partial charge in [0.25, 0.3) is 0 Å². The molecule has 0 spiro atoms. The number of aryl methyl sites for hydroxylation is 1. The second-order valence-electron chi connectivity index (χ2n) is 4.37. The fraction of sp³-hybridized carbons (Fsp3) is 0.200. The third-order valence-electron chi connectivity index (χ3n) is 3.09. The molecule has 0 bridgehead atoms. The monoisotopic (exact) mass is 281 g/mol. The van der Waals surface area contributed by atoms with E-state index >= 15 is 0 Å². The summed E-state index contributed by atoms with van der Waals surface area (Å²) in [6.45, 7) is 1.69. The summed E-state index contributed by atoms with van der Waals surface area (Å²) < 4.78 is 27.5. The molecule has 0 heterocycles. The van der Waals surface area contributed by atoms with Crippen LogP contribution >= 0.6 is 11.6 Å². The third-order valence-corrected chi connectivity index (χ3v) is 3.43. The van der Waals surface area contributed by atoms with Crippen LogP contribution in [0.3, 0.4) is 0 Å². The quantitative estimate of drug-likeness (QED) is 0.887. The minimum atomic E-state index is -0.483. The van der Waals surface area contributed by atoms with Gasteiger partial charge in [-0.05, 0) is 43.3 Å². The van der Waals surface area contributed by atoms with E-state index in [0.717, 1.165) is 0 Å². The highest BCUT2D eigenvalue weighted by Crippen LogP contribution is 2.30. The first-order valence-electron chi connectivity index (χ1n) is 5.92. The van der Waals surface area contributed by atoms with E-state index < -0.39 is 11.9 Å². The molecule has 0 fully saturated rings. The van der Waals surface area contributed by atoms with Crippen LogP contribution in [0.25, 0.3) is 0 Å². The van der Waals surface area contributed by atoms with Crippen molar-refractivity contribution in [3.05, 3.63) is 69.7 Å². The molecule has 2 aromatic rings. The van der Waals surface area contributed by atoms with Crippen molar-refractivity contribution in [2.45, 2.75) is 13.0 Å². The Bertz CT molecular complexity index is 597. The Kier molecular flexibility index (Phi) is 4.17. The van der Waals surface area contributed by atoms with E-state index in [1.165, 1.54) is 18.2 Å². The molecule has 0 saturated heterocycles. The molecular weight excluding hydrogens is 268 g/mol. The summed E-state index contributed by atoms with van der Waals surface area (Å²) in [6.07, 6.45) is 0. The second kappa shape index (κ2) is 5.68. The van der Waals surface area contributed by atoms with E-state index in [4.69, 9.17) is 11.6 Å². The SMILES string of the molecule is CNC(c1cc(F)ccc1Cl)c1cccc(C)c1F. The lowest BCUT2D eigenvalue weighted by Crippen LogP contribution is -2.20. The molecule has 1 unspecified atom stereocenters. The van der Waals surface area contributed by atoms with E-state index in [-0.39, 0.29) is 5.82 Å². The zero-order chi connectivity index (χ0) is 14.0. The lowest BCUT2D eigenvalue weighted by atomic mass is 9.96. The molecule has 1 atom stereocenters. The van der Waals surface area contributed by atoms with Crippen LogP contribution in [0.5, 0.6) is 0 Å². The second-order valence-corrected chi connectivity index (χ2v) is 4.77. The first kappa shape index (κ1) is 14.0. The molecule has 0 aliphatic carbocycles. The highest BCUT2D eigenvalue weighted by Gasteiger charge is 2.20. The number of benzene rings is 2. The van der Waals surface area contributed by atoms with Crippen LogP contribution in [0.1, 0.15) is 22.7 Å². The number of nitrogens with one attached hydrogen (secondary N) is 1. The molecule has 0 aliphatic heterocycles. The molecule has 1 nitrogen and oxygen atoms in total. The van der Waals surface area contributed by atoms with Crippen molar-refractivity contribution in [1.29, 1.82) is 0 Å². The summed E-state index contributed by atoms with van der Waals surface area (Å²) in [5, 5.41) is 3.38. The molecule has 2 aromatic carbocycles. The van der Waals surface area contributed by atoms with Crippen molar-refractivity contribution in [2.24, 2.45) is 0 Å². The Balaban J connectivity index is 2.56. The maximum atomic E-state index is 14.2. The van der Waals surface area contributed by atoms with Crippen LogP contribution in [0.2, 0.25) is 5.02 Å². The maximum absolute atomic E-state index is 14.2. The first-order chi connectivity index (χ1) is 9.04. The van der Waals surface area contributed by atoms with Gasteiger partial charge in [0, 0.05) is 10.6 Å². The average molecular weight is 282 g/mol. The van der Waals surface area contributed by atoms with Gasteiger partial charge < -0.3 is 5.32 Å². The predicted molar refractivity (Wildman–Crippen MR) is 73.4 cm³/mol. The zero-order valence-electron chi connectivity index (χ0n) is 10.7. The van der Waals surface area contributed by atoms with Crippen molar-refractivity contribution in [3.8, 4) is 0 Å². The Hall–Kier alpha value is -1.45. The van der Waals surface area contributed by atoms with Gasteiger partial charge >= 0.3 is 0 Å². The highest BCUT2D eigenvalue weighted by molar-refractivity contribution is 6.31. The minimum absolute atomic E-state index is 0.304. The predicted octanol–water partition coefficient (Wildman–Crippen LogP) is 4.24. The fourth-order valence-corrected chi connectivity index (χ4v) is 2.33. The Morgan fingerprint density at radius 3 is 2.53 bits per heavy atom. The topological polar surface area (TPSA) is 12.0 Å². The number of halogens is 3. The van der Waals surface area contributed by atoms with Gasteiger partial charge in [-0.3, -0.25) is 0 Å². The summed E-state index contributed by atoms with van der Waals surface area (Å²) in [5.41, 5.74) is 1.52. The first-order valence-corrected chi connectivity index (χ1v) is 6.29. The van der Waals surface area contributed by atoms with Crippen LogP contribution in [0.15, 0.2) is 36.4 Å². The Morgan fingerprint density at radius 2 is 1.84 bits per heavy atom. The summed E-state index contributed by atoms with van der Waals surface area (Å²) in [5.74, 6) is -0.699. The van der Waals surface area contributed by atoms with E-state index in [2.05, 4.69) is 5.32 Å². The normalized spacial score (nSPS) is 12.5. The Morgan fingerprint density at radius 1 is 1.11 bits per heavy atom. The molecule has 0 amide bonds. The molecule has 19 heavy (non-hydrogen) atoms. The molecule has 4 heteroatoms. The van der Waals surface area contributed by atoms with Crippen molar-refractivity contribution in [1.82, 2.24) is 5.32 Å². The maximum Gasteiger partial charge on any atom is 0.131 e. The van der Waals surface area contributed by atoms with E-state index in [9.17, 15) is 8.78 Å². The number of rotatable bonds is 3. The molecule has 0 saturated carbocycles. The van der Waals surface area contributed by atoms with E-state index in [0.29, 0.717) is 21.7 Å². The molecule has 1 N–H and O–H groups in total. The van der Waals surface area contributed by atoms with Crippen molar-refractivity contribution < 1.29 is 8.78 Å². The Labute approximate surface area is 116 Å². The summed E-state index contributed by atoms with van der Waals surface area (Å²) in [7, 11) is 1.69. The average Bonchev–Trinajstić information content (AvgIpc) is 2.39. The molecular formula is C15H14ClF2N. The van der Waals surface area contributed by atoms with Gasteiger partial charge in [0.05, 0.1) is 6.04 Å². The van der Waals surface area contributed by atoms with Crippen LogP contribution in [0.4, 0.5) is 8.78 Å². The van der Waals surface area contributed by atoms with Gasteiger partial charge in [0.2, 0.25) is 0 Å². The zero-order valence-corrected chi connectivity index (χ0v) is 11.4. The van der Waals surface area contributed by atoms with Gasteiger partial charge in [0.15, 0.2) is 0 Å². The summed E-state index contributed by atoms with van der Waals surface area (Å²) >= 11 is 6.08. The van der Waals surface area contributed by atoms with Crippen molar-refractivity contribution >= 4 is 11.6 Å². The van der Waals surface area contributed by atoms with Crippen molar-refractivity contribution in [3.63, 3.8) is 0 Å². The lowest BCUT2D eigenvalue weighted by molar-refractivity contribution is 0.565. The van der Waals surface area contributed by atoms with Gasteiger partial charge in [-0.2, -0.15) is 0 Å². The van der Waals surface area contributed by atoms with Gasteiger partial charge in [-0.15, -0.1) is 0 Å². The molecule has 2 rings (SSSR count). The standard InChI is InChI=1S/C15H14ClF2N/c1-9-4-3-5-11(14(9)18)15(19-2)12-8-10(17)6-7-13(12)16/h3-8,15,19H,1-2H3. The van der Waals surface area contributed by atoms with Gasteiger partial charge in [0.1, 0.15) is 11.6 Å². The largest absolute Gasteiger partial charge is 0.309 e. The van der Waals surface area contributed by atoms with Crippen molar-refractivity contribution in [2.75, 3.05) is 7.05 Å². The van der Waals surface area contributed by atoms with Gasteiger partial charge in [-0.25, -0.2) is 8.78 Å². The fourth-order valence-electron chi connectivity index (χ4n) is 2.11. The molecule has 0 aliphatic rings. The van der Waals surface area contributed by atoms with Crippen LogP contribution < -0.4 is 5.32 Å². The van der Waals surface area contributed by atoms with E-state index in [1.807, 2.05) is 0 Å². The number of hydrogen-bond donors (Lipinski definition) is 1. The molecule has 100 valence electrons. The highest BCUT2D eigenvalue weighted by atomic mass is 35.5. The minimum Gasteiger partial charge on any atom is -0.309 e. The van der Waals surface area contributed by atoms with Crippen LogP contribution in [0, 0.1) is 18.6 Å². The third kappa shape index (κ3) is 2.77. The molecule has 0 aromatic heterocycles. The summed E-state index contributed by atoms with van der Waals surface area (Å²) in [6, 6.07) is 8.73.